The molecule has 10 heteroatoms. The van der Waals surface area contributed by atoms with E-state index in [0.717, 1.165) is 38.5 Å². The minimum absolute atomic E-state index is 0.00134. The van der Waals surface area contributed by atoms with Gasteiger partial charge in [0.1, 0.15) is 0 Å². The summed E-state index contributed by atoms with van der Waals surface area (Å²) in [7, 11) is 1.82. The third-order valence-corrected chi connectivity index (χ3v) is 7.70. The average Bonchev–Trinajstić information content (AvgIpc) is 3.39. The van der Waals surface area contributed by atoms with Gasteiger partial charge in [0.05, 0.1) is 18.8 Å². The molecule has 1 fully saturated rings. The van der Waals surface area contributed by atoms with E-state index >= 15 is 0 Å². The number of thioether (sulfide) groups is 1. The molecule has 0 spiro atoms. The first-order valence-corrected chi connectivity index (χ1v) is 13.8. The molecule has 0 unspecified atom stereocenters. The molecule has 9 nitrogen and oxygen atoms in total. The normalized spacial score (nSPS) is 19.1. The summed E-state index contributed by atoms with van der Waals surface area (Å²) in [5.41, 5.74) is 5.94. The van der Waals surface area contributed by atoms with Gasteiger partial charge in [-0.25, -0.2) is 4.68 Å². The number of hydrogen-bond donors (Lipinski definition) is 2. The maximum atomic E-state index is 11.3. The highest BCUT2D eigenvalue weighted by Crippen LogP contribution is 2.40. The van der Waals surface area contributed by atoms with Crippen LogP contribution in [0.1, 0.15) is 48.0 Å². The second-order valence-electron chi connectivity index (χ2n) is 9.48. The van der Waals surface area contributed by atoms with Gasteiger partial charge in [-0.05, 0) is 50.4 Å². The first-order valence-electron chi connectivity index (χ1n) is 12.8. The Bertz CT molecular complexity index is 1410. The summed E-state index contributed by atoms with van der Waals surface area (Å²) < 4.78 is 14.6. The highest BCUT2D eigenvalue weighted by atomic mass is 32.2. The van der Waals surface area contributed by atoms with E-state index in [9.17, 15) is 9.90 Å². The van der Waals surface area contributed by atoms with E-state index in [1.165, 1.54) is 6.92 Å². The standard InChI is InChI=1S/C29H31N5O4S/c1-19(36)30-16-21-5-3-6-23(13-21)24-7-4-8-25(14-24)28-37-26(18-39-29-31-32-33-34(29)2)15-27(38-28)22-11-9-20(17-35)10-12-22/h3-14,26-28,35H,15-18H2,1-2H3,(H,30,36)/t26-,27+,28+/m0/s1. The highest BCUT2D eigenvalue weighted by Gasteiger charge is 2.32. The van der Waals surface area contributed by atoms with Crippen molar-refractivity contribution in [1.29, 1.82) is 0 Å². The lowest BCUT2D eigenvalue weighted by Crippen LogP contribution is -2.31. The fourth-order valence-electron chi connectivity index (χ4n) is 4.49. The SMILES string of the molecule is CC(=O)NCc1cccc(-c2cccc([C@@H]3O[C@H](CSc4nnnn4C)C[C@H](c4ccc(CO)cc4)O3)c2)c1. The number of amides is 1. The molecule has 4 aromatic rings. The molecule has 2 heterocycles. The summed E-state index contributed by atoms with van der Waals surface area (Å²) in [6.07, 6.45) is -0.160. The van der Waals surface area contributed by atoms with Crippen LogP contribution in [-0.2, 0) is 34.5 Å². The maximum Gasteiger partial charge on any atom is 0.217 e. The molecule has 1 aliphatic heterocycles. The van der Waals surface area contributed by atoms with Crippen molar-refractivity contribution in [1.82, 2.24) is 25.5 Å². The largest absolute Gasteiger partial charge is 0.392 e. The van der Waals surface area contributed by atoms with E-state index in [0.29, 0.717) is 18.7 Å². The predicted octanol–water partition coefficient (Wildman–Crippen LogP) is 4.34. The van der Waals surface area contributed by atoms with E-state index in [-0.39, 0.29) is 24.7 Å². The van der Waals surface area contributed by atoms with Crippen LogP contribution in [0.3, 0.4) is 0 Å². The number of aromatic nitrogens is 4. The number of nitrogens with one attached hydrogen (secondary N) is 1. The van der Waals surface area contributed by atoms with Crippen LogP contribution in [0, 0.1) is 0 Å². The van der Waals surface area contributed by atoms with Crippen molar-refractivity contribution in [2.24, 2.45) is 7.05 Å². The number of hydrogen-bond acceptors (Lipinski definition) is 8. The minimum atomic E-state index is -0.563. The van der Waals surface area contributed by atoms with Gasteiger partial charge >= 0.3 is 0 Å². The number of aliphatic hydroxyl groups excluding tert-OH is 1. The third-order valence-electron chi connectivity index (χ3n) is 6.56. The van der Waals surface area contributed by atoms with Crippen molar-refractivity contribution >= 4 is 17.7 Å². The Kier molecular flexibility index (Phi) is 8.67. The zero-order valence-corrected chi connectivity index (χ0v) is 22.7. The van der Waals surface area contributed by atoms with Crippen LogP contribution < -0.4 is 5.32 Å². The van der Waals surface area contributed by atoms with Gasteiger partial charge in [0.15, 0.2) is 6.29 Å². The Morgan fingerprint density at radius 3 is 2.51 bits per heavy atom. The van der Waals surface area contributed by atoms with E-state index in [1.54, 1.807) is 16.4 Å². The summed E-state index contributed by atoms with van der Waals surface area (Å²) in [5.74, 6) is 0.613. The number of tetrazole rings is 1. The van der Waals surface area contributed by atoms with Crippen molar-refractivity contribution in [3.05, 3.63) is 95.1 Å². The molecule has 39 heavy (non-hydrogen) atoms. The molecule has 1 saturated heterocycles. The first kappa shape index (κ1) is 27.0. The molecule has 0 bridgehead atoms. The second kappa shape index (κ2) is 12.5. The van der Waals surface area contributed by atoms with Gasteiger partial charge in [-0.1, -0.05) is 72.4 Å². The summed E-state index contributed by atoms with van der Waals surface area (Å²) in [6.45, 7) is 2.00. The molecule has 3 aromatic carbocycles. The van der Waals surface area contributed by atoms with Crippen LogP contribution in [0.4, 0.5) is 0 Å². The fraction of sp³-hybridized carbons (Fsp3) is 0.310. The van der Waals surface area contributed by atoms with Crippen molar-refractivity contribution in [3.63, 3.8) is 0 Å². The number of ether oxygens (including phenoxy) is 2. The molecular formula is C29H31N5O4S. The maximum absolute atomic E-state index is 11.3. The van der Waals surface area contributed by atoms with Crippen LogP contribution in [-0.4, -0.2) is 43.1 Å². The number of carbonyl (C=O) groups is 1. The molecule has 0 aliphatic carbocycles. The number of benzene rings is 3. The van der Waals surface area contributed by atoms with Crippen molar-refractivity contribution < 1.29 is 19.4 Å². The minimum Gasteiger partial charge on any atom is -0.392 e. The van der Waals surface area contributed by atoms with Crippen molar-refractivity contribution in [2.45, 2.75) is 50.2 Å². The highest BCUT2D eigenvalue weighted by molar-refractivity contribution is 7.99. The predicted molar refractivity (Wildman–Crippen MR) is 147 cm³/mol. The molecule has 0 radical (unpaired) electrons. The molecule has 3 atom stereocenters. The summed E-state index contributed by atoms with van der Waals surface area (Å²) in [5, 5.41) is 24.8. The van der Waals surface area contributed by atoms with Crippen molar-refractivity contribution in [2.75, 3.05) is 5.75 Å². The summed E-state index contributed by atoms with van der Waals surface area (Å²) >= 11 is 1.55. The molecule has 202 valence electrons. The molecule has 1 aliphatic rings. The van der Waals surface area contributed by atoms with Crippen LogP contribution in [0.2, 0.25) is 0 Å². The van der Waals surface area contributed by atoms with Gasteiger partial charge in [-0.3, -0.25) is 4.79 Å². The monoisotopic (exact) mass is 545 g/mol. The quantitative estimate of drug-likeness (QED) is 0.299. The number of rotatable bonds is 9. The van der Waals surface area contributed by atoms with Gasteiger partial charge in [0.25, 0.3) is 0 Å². The van der Waals surface area contributed by atoms with Gasteiger partial charge in [-0.15, -0.1) is 5.10 Å². The first-order chi connectivity index (χ1) is 19.0. The summed E-state index contributed by atoms with van der Waals surface area (Å²) in [4.78, 5) is 11.3. The van der Waals surface area contributed by atoms with Gasteiger partial charge in [0.2, 0.25) is 11.1 Å². The summed E-state index contributed by atoms with van der Waals surface area (Å²) in [6, 6.07) is 24.2. The van der Waals surface area contributed by atoms with Gasteiger partial charge in [0, 0.05) is 38.3 Å². The molecule has 0 saturated carbocycles. The number of nitrogens with zero attached hydrogens (tertiary/aromatic N) is 4. The second-order valence-corrected chi connectivity index (χ2v) is 10.5. The molecule has 1 amide bonds. The lowest BCUT2D eigenvalue weighted by Gasteiger charge is -2.36. The lowest BCUT2D eigenvalue weighted by molar-refractivity contribution is -0.245. The van der Waals surface area contributed by atoms with E-state index < -0.39 is 6.29 Å². The Labute approximate surface area is 231 Å². The lowest BCUT2D eigenvalue weighted by atomic mass is 9.99. The zero-order chi connectivity index (χ0) is 27.2. The number of aliphatic hydroxyl groups is 1. The number of aryl methyl sites for hydroxylation is 1. The number of carbonyl (C=O) groups excluding carboxylic acids is 1. The Balaban J connectivity index is 1.38. The van der Waals surface area contributed by atoms with Crippen molar-refractivity contribution in [3.8, 4) is 11.1 Å². The smallest absolute Gasteiger partial charge is 0.217 e. The Hall–Kier alpha value is -3.57. The van der Waals surface area contributed by atoms with Crippen LogP contribution >= 0.6 is 11.8 Å². The van der Waals surface area contributed by atoms with E-state index in [2.05, 4.69) is 45.1 Å². The molecule has 5 rings (SSSR count). The third kappa shape index (κ3) is 6.90. The molecule has 2 N–H and O–H groups in total. The van der Waals surface area contributed by atoms with E-state index in [4.69, 9.17) is 9.47 Å². The zero-order valence-electron chi connectivity index (χ0n) is 21.9. The van der Waals surface area contributed by atoms with Crippen LogP contribution in [0.15, 0.2) is 78.0 Å². The average molecular weight is 546 g/mol. The van der Waals surface area contributed by atoms with Crippen LogP contribution in [0.5, 0.6) is 0 Å². The molecule has 1 aromatic heterocycles. The topological polar surface area (TPSA) is 111 Å². The molecular weight excluding hydrogens is 514 g/mol. The van der Waals surface area contributed by atoms with Gasteiger partial charge < -0.3 is 19.9 Å². The van der Waals surface area contributed by atoms with E-state index in [1.807, 2.05) is 55.6 Å². The Morgan fingerprint density at radius 2 is 1.79 bits per heavy atom. The Morgan fingerprint density at radius 1 is 1.03 bits per heavy atom. The van der Waals surface area contributed by atoms with Gasteiger partial charge in [-0.2, -0.15) is 0 Å². The van der Waals surface area contributed by atoms with Crippen LogP contribution in [0.25, 0.3) is 11.1 Å². The fourth-order valence-corrected chi connectivity index (χ4v) is 5.35.